The second-order valence-corrected chi connectivity index (χ2v) is 3.17. The lowest BCUT2D eigenvalue weighted by Crippen LogP contribution is -2.29. The van der Waals surface area contributed by atoms with E-state index in [1.807, 2.05) is 0 Å². The number of esters is 1. The van der Waals surface area contributed by atoms with Crippen LogP contribution in [0.15, 0.2) is 0 Å². The second-order valence-electron chi connectivity index (χ2n) is 3.17. The molecule has 0 aromatic carbocycles. The minimum atomic E-state index is -0.586. The van der Waals surface area contributed by atoms with Crippen molar-refractivity contribution in [3.8, 4) is 0 Å². The molecule has 0 radical (unpaired) electrons. The van der Waals surface area contributed by atoms with E-state index in [2.05, 4.69) is 0 Å². The van der Waals surface area contributed by atoms with Crippen LogP contribution in [0.25, 0.3) is 0 Å². The van der Waals surface area contributed by atoms with Gasteiger partial charge in [0.05, 0.1) is 33.0 Å². The lowest BCUT2D eigenvalue weighted by Gasteiger charge is -2.08. The Morgan fingerprint density at radius 2 is 1.56 bits per heavy atom. The van der Waals surface area contributed by atoms with Gasteiger partial charge in [-0.1, -0.05) is 0 Å². The van der Waals surface area contributed by atoms with E-state index in [-0.39, 0.29) is 6.61 Å². The molecule has 0 aromatic rings. The van der Waals surface area contributed by atoms with Gasteiger partial charge in [-0.25, -0.2) is 0 Å². The van der Waals surface area contributed by atoms with Gasteiger partial charge in [0.25, 0.3) is 0 Å². The van der Waals surface area contributed by atoms with Crippen molar-refractivity contribution in [3.05, 3.63) is 0 Å². The first-order chi connectivity index (χ1) is 7.68. The molecule has 0 aliphatic rings. The zero-order valence-electron chi connectivity index (χ0n) is 9.94. The lowest BCUT2D eigenvalue weighted by atomic mass is 10.4. The second kappa shape index (κ2) is 10.8. The number of rotatable bonds is 10. The Kier molecular flexibility index (Phi) is 10.3. The summed E-state index contributed by atoms with van der Waals surface area (Å²) in [7, 11) is 1.62. The minimum Gasteiger partial charge on any atom is -0.462 e. The predicted octanol–water partition coefficient (Wildman–Crippen LogP) is -0.444. The Morgan fingerprint density at radius 3 is 2.06 bits per heavy atom. The van der Waals surface area contributed by atoms with Gasteiger partial charge in [0.15, 0.2) is 0 Å². The number of nitrogens with two attached hydrogens (primary N) is 1. The Balaban J connectivity index is 3.07. The zero-order valence-corrected chi connectivity index (χ0v) is 9.94. The van der Waals surface area contributed by atoms with E-state index in [0.29, 0.717) is 33.0 Å². The van der Waals surface area contributed by atoms with Crippen LogP contribution in [-0.4, -0.2) is 58.8 Å². The molecule has 16 heavy (non-hydrogen) atoms. The number of carbonyl (C=O) groups excluding carboxylic acids is 1. The minimum absolute atomic E-state index is 0.221. The van der Waals surface area contributed by atoms with Crippen LogP contribution in [0.3, 0.4) is 0 Å². The number of methoxy groups -OCH3 is 1. The van der Waals surface area contributed by atoms with E-state index < -0.39 is 12.0 Å². The lowest BCUT2D eigenvalue weighted by molar-refractivity contribution is -0.146. The van der Waals surface area contributed by atoms with Gasteiger partial charge in [-0.15, -0.1) is 0 Å². The van der Waals surface area contributed by atoms with Crippen LogP contribution in [-0.2, 0) is 23.7 Å². The van der Waals surface area contributed by atoms with Crippen molar-refractivity contribution in [3.63, 3.8) is 0 Å². The summed E-state index contributed by atoms with van der Waals surface area (Å²) in [5.74, 6) is -0.417. The van der Waals surface area contributed by atoms with Gasteiger partial charge in [-0.3, -0.25) is 4.79 Å². The topological polar surface area (TPSA) is 80.0 Å². The van der Waals surface area contributed by atoms with Crippen molar-refractivity contribution in [2.75, 3.05) is 46.8 Å². The molecule has 0 aliphatic carbocycles. The highest BCUT2D eigenvalue weighted by Crippen LogP contribution is 1.85. The third-order valence-corrected chi connectivity index (χ3v) is 1.65. The predicted molar refractivity (Wildman–Crippen MR) is 58.1 cm³/mol. The SMILES string of the molecule is COCCOCCOCCOC(=O)[C@@H](C)N. The molecule has 0 aliphatic heterocycles. The number of hydrogen-bond acceptors (Lipinski definition) is 6. The Morgan fingerprint density at radius 1 is 1.06 bits per heavy atom. The maximum atomic E-state index is 10.9. The van der Waals surface area contributed by atoms with Gasteiger partial charge in [0, 0.05) is 7.11 Å². The van der Waals surface area contributed by atoms with E-state index in [9.17, 15) is 4.79 Å². The van der Waals surface area contributed by atoms with Gasteiger partial charge >= 0.3 is 5.97 Å². The Hall–Kier alpha value is -0.690. The van der Waals surface area contributed by atoms with Crippen LogP contribution in [0.1, 0.15) is 6.92 Å². The van der Waals surface area contributed by atoms with E-state index in [0.717, 1.165) is 0 Å². The first-order valence-corrected chi connectivity index (χ1v) is 5.25. The van der Waals surface area contributed by atoms with E-state index in [1.165, 1.54) is 0 Å². The molecule has 0 fully saturated rings. The molecule has 96 valence electrons. The van der Waals surface area contributed by atoms with Gasteiger partial charge < -0.3 is 24.7 Å². The average Bonchev–Trinajstić information content (AvgIpc) is 2.26. The molecule has 0 rings (SSSR count). The molecule has 6 heteroatoms. The molecule has 0 unspecified atom stereocenters. The zero-order chi connectivity index (χ0) is 12.2. The standard InChI is InChI=1S/C10H21NO5/c1-9(11)10(12)16-8-7-15-6-5-14-4-3-13-2/h9H,3-8,11H2,1-2H3/t9-/m1/s1. The van der Waals surface area contributed by atoms with Crippen LogP contribution in [0.2, 0.25) is 0 Å². The summed E-state index contributed by atoms with van der Waals surface area (Å²) in [5.41, 5.74) is 5.30. The normalized spacial score (nSPS) is 12.4. The van der Waals surface area contributed by atoms with Crippen molar-refractivity contribution >= 4 is 5.97 Å². The molecule has 6 nitrogen and oxygen atoms in total. The van der Waals surface area contributed by atoms with Crippen molar-refractivity contribution in [1.82, 2.24) is 0 Å². The highest BCUT2D eigenvalue weighted by Gasteiger charge is 2.07. The highest BCUT2D eigenvalue weighted by molar-refractivity contribution is 5.74. The first-order valence-electron chi connectivity index (χ1n) is 5.25. The molecule has 0 spiro atoms. The Bertz CT molecular complexity index is 175. The molecule has 0 saturated heterocycles. The quantitative estimate of drug-likeness (QED) is 0.408. The van der Waals surface area contributed by atoms with Crippen LogP contribution in [0, 0.1) is 0 Å². The maximum absolute atomic E-state index is 10.9. The van der Waals surface area contributed by atoms with Crippen molar-refractivity contribution in [2.45, 2.75) is 13.0 Å². The number of ether oxygens (including phenoxy) is 4. The molecule has 0 bridgehead atoms. The molecule has 1 atom stereocenters. The fraction of sp³-hybridized carbons (Fsp3) is 0.900. The Labute approximate surface area is 96.0 Å². The van der Waals surface area contributed by atoms with Crippen LogP contribution >= 0.6 is 0 Å². The summed E-state index contributed by atoms with van der Waals surface area (Å²) in [4.78, 5) is 10.9. The smallest absolute Gasteiger partial charge is 0.322 e. The van der Waals surface area contributed by atoms with E-state index in [1.54, 1.807) is 14.0 Å². The third-order valence-electron chi connectivity index (χ3n) is 1.65. The van der Waals surface area contributed by atoms with E-state index >= 15 is 0 Å². The third kappa shape index (κ3) is 9.85. The van der Waals surface area contributed by atoms with Crippen LogP contribution < -0.4 is 5.73 Å². The molecular formula is C10H21NO5. The molecule has 2 N–H and O–H groups in total. The summed E-state index contributed by atoms with van der Waals surface area (Å²) in [6, 6.07) is -0.586. The molecule has 0 aromatic heterocycles. The van der Waals surface area contributed by atoms with Crippen molar-refractivity contribution in [1.29, 1.82) is 0 Å². The summed E-state index contributed by atoms with van der Waals surface area (Å²) < 4.78 is 19.9. The van der Waals surface area contributed by atoms with Gasteiger partial charge in [0.1, 0.15) is 12.6 Å². The summed E-state index contributed by atoms with van der Waals surface area (Å²) in [6.07, 6.45) is 0. The number of carbonyl (C=O) groups is 1. The maximum Gasteiger partial charge on any atom is 0.322 e. The van der Waals surface area contributed by atoms with Crippen LogP contribution in [0.5, 0.6) is 0 Å². The summed E-state index contributed by atoms with van der Waals surface area (Å²) in [5, 5.41) is 0. The largest absolute Gasteiger partial charge is 0.462 e. The number of hydrogen-bond donors (Lipinski definition) is 1. The first kappa shape index (κ1) is 15.3. The van der Waals surface area contributed by atoms with Gasteiger partial charge in [-0.2, -0.15) is 0 Å². The molecule has 0 saturated carbocycles. The van der Waals surface area contributed by atoms with Gasteiger partial charge in [0.2, 0.25) is 0 Å². The van der Waals surface area contributed by atoms with Crippen LogP contribution in [0.4, 0.5) is 0 Å². The summed E-state index contributed by atoms with van der Waals surface area (Å²) >= 11 is 0. The average molecular weight is 235 g/mol. The molecular weight excluding hydrogens is 214 g/mol. The van der Waals surface area contributed by atoms with Gasteiger partial charge in [-0.05, 0) is 6.92 Å². The highest BCUT2D eigenvalue weighted by atomic mass is 16.6. The fourth-order valence-corrected chi connectivity index (χ4v) is 0.797. The van der Waals surface area contributed by atoms with Crippen molar-refractivity contribution < 1.29 is 23.7 Å². The molecule has 0 heterocycles. The van der Waals surface area contributed by atoms with E-state index in [4.69, 9.17) is 24.7 Å². The summed E-state index contributed by atoms with van der Waals surface area (Å²) in [6.45, 7) is 4.26. The monoisotopic (exact) mass is 235 g/mol. The van der Waals surface area contributed by atoms with Crippen molar-refractivity contribution in [2.24, 2.45) is 5.73 Å². The molecule has 0 amide bonds. The fourth-order valence-electron chi connectivity index (χ4n) is 0.797.